The Labute approximate surface area is 229 Å². The molecule has 2 aliphatic carbocycles. The molecule has 2 unspecified atom stereocenters. The molecule has 2 amide bonds. The first kappa shape index (κ1) is 25.4. The van der Waals surface area contributed by atoms with Crippen molar-refractivity contribution in [3.8, 4) is 0 Å². The van der Waals surface area contributed by atoms with Gasteiger partial charge in [-0.1, -0.05) is 49.9 Å². The Balaban J connectivity index is 1.25. The predicted octanol–water partition coefficient (Wildman–Crippen LogP) is 6.13. The summed E-state index contributed by atoms with van der Waals surface area (Å²) in [6.45, 7) is 2.12. The van der Waals surface area contributed by atoms with Gasteiger partial charge in [0, 0.05) is 35.6 Å². The number of benzene rings is 1. The highest BCUT2D eigenvalue weighted by atomic mass is 32.1. The van der Waals surface area contributed by atoms with Crippen molar-refractivity contribution in [2.75, 3.05) is 13.1 Å². The Bertz CT molecular complexity index is 1210. The lowest BCUT2D eigenvalue weighted by Crippen LogP contribution is -2.51. The molecule has 1 N–H and O–H groups in total. The van der Waals surface area contributed by atoms with E-state index >= 15 is 0 Å². The number of carbonyl (C=O) groups is 2. The van der Waals surface area contributed by atoms with E-state index in [9.17, 15) is 9.59 Å². The van der Waals surface area contributed by atoms with Crippen molar-refractivity contribution in [2.24, 2.45) is 0 Å². The summed E-state index contributed by atoms with van der Waals surface area (Å²) in [5.74, 6) is 0.623. The van der Waals surface area contributed by atoms with Crippen LogP contribution in [0.5, 0.6) is 0 Å². The summed E-state index contributed by atoms with van der Waals surface area (Å²) in [5, 5.41) is 5.35. The molecule has 2 fully saturated rings. The quantitative estimate of drug-likeness (QED) is 0.361. The van der Waals surface area contributed by atoms with Crippen LogP contribution in [0.25, 0.3) is 0 Å². The second-order valence-corrected chi connectivity index (χ2v) is 11.9. The van der Waals surface area contributed by atoms with Crippen LogP contribution in [-0.2, 0) is 11.3 Å². The van der Waals surface area contributed by atoms with Crippen molar-refractivity contribution < 1.29 is 14.0 Å². The number of thiophene rings is 1. The maximum Gasteiger partial charge on any atom is 0.254 e. The fraction of sp³-hybridized carbons (Fsp3) is 0.484. The summed E-state index contributed by atoms with van der Waals surface area (Å²) in [4.78, 5) is 33.5. The average molecular weight is 532 g/mol. The Kier molecular flexibility index (Phi) is 7.65. The number of hydrogen-bond acceptors (Lipinski definition) is 5. The number of hydrogen-bond donors (Lipinski definition) is 1. The van der Waals surface area contributed by atoms with Gasteiger partial charge in [0.15, 0.2) is 0 Å². The van der Waals surface area contributed by atoms with Crippen molar-refractivity contribution in [3.63, 3.8) is 0 Å². The lowest BCUT2D eigenvalue weighted by Gasteiger charge is -2.44. The number of nitrogens with one attached hydrogen (secondary N) is 1. The minimum Gasteiger partial charge on any atom is -0.468 e. The molecule has 3 aliphatic rings. The van der Waals surface area contributed by atoms with E-state index in [0.717, 1.165) is 55.0 Å². The second kappa shape index (κ2) is 11.5. The van der Waals surface area contributed by atoms with Crippen LogP contribution in [0.3, 0.4) is 0 Å². The summed E-state index contributed by atoms with van der Waals surface area (Å²) in [5.41, 5.74) is 1.53. The van der Waals surface area contributed by atoms with Crippen LogP contribution in [0.2, 0.25) is 0 Å². The average Bonchev–Trinajstić information content (AvgIpc) is 3.76. The largest absolute Gasteiger partial charge is 0.468 e. The van der Waals surface area contributed by atoms with Gasteiger partial charge in [0.05, 0.1) is 24.8 Å². The maximum atomic E-state index is 14.1. The standard InChI is InChI=1S/C31H37N3O3S/c35-30(32-17-18-33(22-9-1-2-10-22)21-24-13-7-19-37-24)28-25-14-5-6-15-26(25)31(36)34(23-11-3-4-12-23)29(28)27-16-8-20-38-27/h5-8,13-16,19-20,22-23,28-29H,1-4,9-12,17-18,21H2,(H,32,35). The highest BCUT2D eigenvalue weighted by molar-refractivity contribution is 7.10. The van der Waals surface area contributed by atoms with Crippen LogP contribution in [-0.4, -0.2) is 46.8 Å². The monoisotopic (exact) mass is 531 g/mol. The van der Waals surface area contributed by atoms with E-state index in [-0.39, 0.29) is 23.9 Å². The lowest BCUT2D eigenvalue weighted by atomic mass is 9.80. The van der Waals surface area contributed by atoms with E-state index in [0.29, 0.717) is 18.2 Å². The first-order valence-electron chi connectivity index (χ1n) is 14.2. The molecule has 6 rings (SSSR count). The van der Waals surface area contributed by atoms with Crippen LogP contribution in [0, 0.1) is 0 Å². The summed E-state index contributed by atoms with van der Waals surface area (Å²) in [7, 11) is 0. The lowest BCUT2D eigenvalue weighted by molar-refractivity contribution is -0.124. The van der Waals surface area contributed by atoms with Gasteiger partial charge in [-0.25, -0.2) is 0 Å². The molecule has 200 valence electrons. The zero-order chi connectivity index (χ0) is 25.9. The van der Waals surface area contributed by atoms with Crippen molar-refractivity contribution >= 4 is 23.2 Å². The molecule has 0 saturated heterocycles. The van der Waals surface area contributed by atoms with Gasteiger partial charge in [0.2, 0.25) is 5.91 Å². The Morgan fingerprint density at radius 1 is 1.00 bits per heavy atom. The molecule has 0 spiro atoms. The molecule has 3 heterocycles. The highest BCUT2D eigenvalue weighted by Crippen LogP contribution is 2.47. The molecular formula is C31H37N3O3S. The van der Waals surface area contributed by atoms with Gasteiger partial charge in [-0.15, -0.1) is 11.3 Å². The third kappa shape index (κ3) is 5.06. The Morgan fingerprint density at radius 2 is 1.79 bits per heavy atom. The van der Waals surface area contributed by atoms with E-state index in [2.05, 4.69) is 26.6 Å². The van der Waals surface area contributed by atoms with Gasteiger partial charge in [-0.05, 0) is 60.9 Å². The summed E-state index contributed by atoms with van der Waals surface area (Å²) in [6.07, 6.45) is 10.9. The van der Waals surface area contributed by atoms with Crippen LogP contribution in [0.15, 0.2) is 64.6 Å². The molecule has 0 radical (unpaired) electrons. The normalized spacial score (nSPS) is 22.3. The SMILES string of the molecule is O=C(NCCN(Cc1ccco1)C1CCCC1)C1c2ccccc2C(=O)N(C2CCCC2)C1c1cccs1. The van der Waals surface area contributed by atoms with Gasteiger partial charge < -0.3 is 14.6 Å². The van der Waals surface area contributed by atoms with Crippen molar-refractivity contribution in [1.82, 2.24) is 15.1 Å². The van der Waals surface area contributed by atoms with Crippen LogP contribution < -0.4 is 5.32 Å². The second-order valence-electron chi connectivity index (χ2n) is 11.0. The van der Waals surface area contributed by atoms with Crippen molar-refractivity contribution in [2.45, 2.75) is 82.0 Å². The zero-order valence-electron chi connectivity index (χ0n) is 21.9. The van der Waals surface area contributed by atoms with Crippen LogP contribution in [0.4, 0.5) is 0 Å². The molecule has 1 aromatic carbocycles. The number of amides is 2. The number of carbonyl (C=O) groups excluding carboxylic acids is 2. The molecule has 2 atom stereocenters. The van der Waals surface area contributed by atoms with E-state index in [1.165, 1.54) is 25.7 Å². The number of furan rings is 1. The summed E-state index contributed by atoms with van der Waals surface area (Å²) < 4.78 is 5.65. The highest BCUT2D eigenvalue weighted by Gasteiger charge is 2.47. The van der Waals surface area contributed by atoms with Gasteiger partial charge in [0.25, 0.3) is 5.91 Å². The third-order valence-electron chi connectivity index (χ3n) is 8.69. The molecular weight excluding hydrogens is 494 g/mol. The van der Waals surface area contributed by atoms with Gasteiger partial charge in [-0.3, -0.25) is 14.5 Å². The summed E-state index contributed by atoms with van der Waals surface area (Å²) >= 11 is 1.64. The number of fused-ring (bicyclic) bond motifs is 1. The van der Waals surface area contributed by atoms with E-state index in [1.807, 2.05) is 42.5 Å². The van der Waals surface area contributed by atoms with E-state index < -0.39 is 5.92 Å². The van der Waals surface area contributed by atoms with E-state index in [1.54, 1.807) is 17.6 Å². The fourth-order valence-electron chi connectivity index (χ4n) is 6.88. The number of nitrogens with zero attached hydrogens (tertiary/aromatic N) is 2. The van der Waals surface area contributed by atoms with Gasteiger partial charge in [-0.2, -0.15) is 0 Å². The molecule has 7 heteroatoms. The fourth-order valence-corrected chi connectivity index (χ4v) is 7.74. The minimum absolute atomic E-state index is 0.00992. The van der Waals surface area contributed by atoms with Crippen LogP contribution >= 0.6 is 11.3 Å². The zero-order valence-corrected chi connectivity index (χ0v) is 22.7. The van der Waals surface area contributed by atoms with Crippen LogP contribution in [0.1, 0.15) is 89.9 Å². The minimum atomic E-state index is -0.423. The topological polar surface area (TPSA) is 65.8 Å². The Hall–Kier alpha value is -2.90. The molecule has 2 saturated carbocycles. The first-order chi connectivity index (χ1) is 18.7. The molecule has 2 aromatic heterocycles. The van der Waals surface area contributed by atoms with Crippen molar-refractivity contribution in [1.29, 1.82) is 0 Å². The van der Waals surface area contributed by atoms with Gasteiger partial charge in [0.1, 0.15) is 5.76 Å². The molecule has 6 nitrogen and oxygen atoms in total. The predicted molar refractivity (Wildman–Crippen MR) is 149 cm³/mol. The summed E-state index contributed by atoms with van der Waals surface area (Å²) in [6, 6.07) is 16.3. The smallest absolute Gasteiger partial charge is 0.254 e. The molecule has 1 aliphatic heterocycles. The van der Waals surface area contributed by atoms with E-state index in [4.69, 9.17) is 4.42 Å². The maximum absolute atomic E-state index is 14.1. The number of rotatable bonds is 9. The van der Waals surface area contributed by atoms with Gasteiger partial charge >= 0.3 is 0 Å². The molecule has 3 aromatic rings. The van der Waals surface area contributed by atoms with Crippen molar-refractivity contribution in [3.05, 3.63) is 81.9 Å². The molecule has 38 heavy (non-hydrogen) atoms. The third-order valence-corrected chi connectivity index (χ3v) is 9.63. The Morgan fingerprint density at radius 3 is 2.53 bits per heavy atom. The molecule has 0 bridgehead atoms. The first-order valence-corrected chi connectivity index (χ1v) is 15.1.